The van der Waals surface area contributed by atoms with Gasteiger partial charge in [-0.3, -0.25) is 0 Å². The van der Waals surface area contributed by atoms with Crippen LogP contribution in [-0.2, 0) is 0 Å². The summed E-state index contributed by atoms with van der Waals surface area (Å²) < 4.78 is 13.4. The number of fused-ring (bicyclic) bond motifs is 4. The molecular weight excluding hydrogens is 595 g/mol. The van der Waals surface area contributed by atoms with Gasteiger partial charge < -0.3 is 19.7 Å². The first-order valence-electron chi connectivity index (χ1n) is 14.0. The third kappa shape index (κ3) is 4.58. The predicted molar refractivity (Wildman–Crippen MR) is 178 cm³/mol. The molecule has 2 aliphatic rings. The Kier molecular flexibility index (Phi) is 7.03. The molecule has 5 aromatic rings. The lowest BCUT2D eigenvalue weighted by Crippen LogP contribution is -2.46. The van der Waals surface area contributed by atoms with Crippen molar-refractivity contribution in [2.75, 3.05) is 24.4 Å². The highest BCUT2D eigenvalue weighted by Gasteiger charge is 2.42. The lowest BCUT2D eigenvalue weighted by atomic mass is 9.92. The van der Waals surface area contributed by atoms with Gasteiger partial charge in [-0.2, -0.15) is 5.10 Å². The van der Waals surface area contributed by atoms with Gasteiger partial charge in [-0.25, -0.2) is 14.7 Å². The Morgan fingerprint density at radius 2 is 1.57 bits per heavy atom. The number of aliphatic imine (C=N–C) groups is 2. The molecule has 0 aliphatic carbocycles. The molecule has 0 saturated carbocycles. The molecule has 0 spiro atoms. The first kappa shape index (κ1) is 28.0. The molecule has 0 fully saturated rings. The van der Waals surface area contributed by atoms with Crippen LogP contribution in [0.3, 0.4) is 0 Å². The third-order valence-electron chi connectivity index (χ3n) is 7.90. The van der Waals surface area contributed by atoms with Crippen LogP contribution in [0.5, 0.6) is 11.5 Å². The van der Waals surface area contributed by atoms with Gasteiger partial charge in [-0.05, 0) is 67.9 Å². The third-order valence-corrected chi connectivity index (χ3v) is 8.64. The molecule has 10 heteroatoms. The molecule has 0 amide bonds. The van der Waals surface area contributed by atoms with Gasteiger partial charge in [0.1, 0.15) is 11.5 Å². The van der Waals surface area contributed by atoms with Crippen LogP contribution in [-0.4, -0.2) is 35.7 Å². The molecule has 8 nitrogen and oxygen atoms in total. The van der Waals surface area contributed by atoms with Crippen LogP contribution in [0.15, 0.2) is 94.9 Å². The monoisotopic (exact) mass is 622 g/mol. The van der Waals surface area contributed by atoms with Crippen molar-refractivity contribution in [1.82, 2.24) is 9.78 Å². The molecule has 7 rings (SSSR count). The van der Waals surface area contributed by atoms with E-state index in [1.807, 2.05) is 66.2 Å². The summed E-state index contributed by atoms with van der Waals surface area (Å²) in [5.41, 5.74) is 7.20. The molecule has 2 aliphatic heterocycles. The van der Waals surface area contributed by atoms with Crippen molar-refractivity contribution in [3.63, 3.8) is 0 Å². The minimum absolute atomic E-state index is 0.363. The van der Waals surface area contributed by atoms with E-state index in [9.17, 15) is 0 Å². The summed E-state index contributed by atoms with van der Waals surface area (Å²) in [5, 5.41) is 9.44. The van der Waals surface area contributed by atoms with E-state index in [1.54, 1.807) is 26.4 Å². The summed E-state index contributed by atoms with van der Waals surface area (Å²) in [5.74, 6) is 3.28. The average molecular weight is 624 g/mol. The second-order valence-electron chi connectivity index (χ2n) is 10.5. The predicted octanol–water partition coefficient (Wildman–Crippen LogP) is 8.61. The number of aromatic nitrogens is 2. The number of hydrogen-bond donors (Lipinski definition) is 1. The van der Waals surface area contributed by atoms with E-state index in [0.717, 1.165) is 45.1 Å². The molecule has 0 radical (unpaired) electrons. The largest absolute Gasteiger partial charge is 0.497 e. The number of benzene rings is 4. The molecule has 1 atom stereocenters. The number of rotatable bonds is 5. The van der Waals surface area contributed by atoms with Crippen molar-refractivity contribution in [3.05, 3.63) is 117 Å². The quantitative estimate of drug-likeness (QED) is 0.212. The Balaban J connectivity index is 1.52. The number of methoxy groups -OCH3 is 2. The van der Waals surface area contributed by atoms with Crippen LogP contribution in [0, 0.1) is 13.8 Å². The maximum Gasteiger partial charge on any atom is 0.179 e. The second kappa shape index (κ2) is 11.0. The number of anilines is 2. The molecule has 1 aromatic heterocycles. The standard InChI is InChI=1S/C34H28Cl2N6O2/c1-19-9-5-7-11-27(19)42-33-30(20(2)40-42)31(23-15-14-22(43-3)18-29(23)44-4)41-28-12-8-6-10-26(28)38-32(34(41)39-33)37-21-13-16-24(35)25(36)17-21/h5-18,31H,1-4H3,(H,37,38)/t31-/m1/s1. The zero-order valence-corrected chi connectivity index (χ0v) is 26.0. The zero-order valence-electron chi connectivity index (χ0n) is 24.5. The van der Waals surface area contributed by atoms with E-state index in [1.165, 1.54) is 0 Å². The van der Waals surface area contributed by atoms with E-state index in [-0.39, 0.29) is 6.04 Å². The summed E-state index contributed by atoms with van der Waals surface area (Å²) in [6.07, 6.45) is 0. The van der Waals surface area contributed by atoms with E-state index in [2.05, 4.69) is 35.3 Å². The van der Waals surface area contributed by atoms with Gasteiger partial charge in [0.05, 0.1) is 53.1 Å². The Labute approximate surface area is 265 Å². The molecule has 1 N–H and O–H groups in total. The minimum Gasteiger partial charge on any atom is -0.497 e. The zero-order chi connectivity index (χ0) is 30.5. The van der Waals surface area contributed by atoms with Crippen molar-refractivity contribution in [1.29, 1.82) is 0 Å². The molecule has 0 bridgehead atoms. The molecule has 220 valence electrons. The Hall–Kier alpha value is -4.79. The first-order chi connectivity index (χ1) is 21.4. The van der Waals surface area contributed by atoms with Gasteiger partial charge in [0.25, 0.3) is 0 Å². The van der Waals surface area contributed by atoms with Crippen molar-refractivity contribution in [2.45, 2.75) is 19.9 Å². The molecule has 44 heavy (non-hydrogen) atoms. The van der Waals surface area contributed by atoms with Crippen molar-refractivity contribution < 1.29 is 9.47 Å². The lowest BCUT2D eigenvalue weighted by molar-refractivity contribution is 0.390. The molecule has 3 heterocycles. The van der Waals surface area contributed by atoms with Crippen molar-refractivity contribution in [3.8, 4) is 17.2 Å². The highest BCUT2D eigenvalue weighted by molar-refractivity contribution is 6.52. The normalized spacial score (nSPS) is 15.0. The summed E-state index contributed by atoms with van der Waals surface area (Å²) in [7, 11) is 3.32. The fraction of sp³-hybridized carbons (Fsp3) is 0.147. The van der Waals surface area contributed by atoms with Gasteiger partial charge in [-0.1, -0.05) is 53.5 Å². The maximum atomic E-state index is 6.40. The fourth-order valence-electron chi connectivity index (χ4n) is 5.82. The Bertz CT molecular complexity index is 2000. The van der Waals surface area contributed by atoms with Crippen LogP contribution < -0.4 is 19.7 Å². The number of nitrogens with one attached hydrogen (secondary N) is 1. The number of hydrogen-bond acceptors (Lipinski definition) is 7. The van der Waals surface area contributed by atoms with E-state index in [0.29, 0.717) is 39.0 Å². The number of para-hydroxylation sites is 3. The Morgan fingerprint density at radius 1 is 0.795 bits per heavy atom. The highest BCUT2D eigenvalue weighted by Crippen LogP contribution is 2.50. The first-order valence-corrected chi connectivity index (χ1v) is 14.8. The van der Waals surface area contributed by atoms with E-state index >= 15 is 0 Å². The Morgan fingerprint density at radius 3 is 2.32 bits per heavy atom. The summed E-state index contributed by atoms with van der Waals surface area (Å²) in [4.78, 5) is 12.6. The number of amidine groups is 2. The van der Waals surface area contributed by atoms with Crippen molar-refractivity contribution >= 4 is 57.8 Å². The lowest BCUT2D eigenvalue weighted by Gasteiger charge is -2.41. The molecular formula is C34H28Cl2N6O2. The summed E-state index contributed by atoms with van der Waals surface area (Å²) >= 11 is 12.6. The van der Waals surface area contributed by atoms with Crippen molar-refractivity contribution in [2.24, 2.45) is 9.98 Å². The minimum atomic E-state index is -0.363. The second-order valence-corrected chi connectivity index (χ2v) is 11.4. The number of halogens is 2. The smallest absolute Gasteiger partial charge is 0.179 e. The fourth-order valence-corrected chi connectivity index (χ4v) is 6.11. The van der Waals surface area contributed by atoms with Gasteiger partial charge in [0.2, 0.25) is 0 Å². The van der Waals surface area contributed by atoms with Gasteiger partial charge >= 0.3 is 0 Å². The van der Waals surface area contributed by atoms with Gasteiger partial charge in [0, 0.05) is 22.9 Å². The van der Waals surface area contributed by atoms with Gasteiger partial charge in [0.15, 0.2) is 17.5 Å². The van der Waals surface area contributed by atoms with Crippen LogP contribution in [0.25, 0.3) is 5.69 Å². The summed E-state index contributed by atoms with van der Waals surface area (Å²) in [6, 6.07) is 27.1. The van der Waals surface area contributed by atoms with Crippen LogP contribution in [0.4, 0.5) is 22.9 Å². The van der Waals surface area contributed by atoms with Crippen LogP contribution >= 0.6 is 23.2 Å². The summed E-state index contributed by atoms with van der Waals surface area (Å²) in [6.45, 7) is 4.09. The highest BCUT2D eigenvalue weighted by atomic mass is 35.5. The number of ether oxygens (including phenoxy) is 2. The molecule has 0 unspecified atom stereocenters. The molecule has 0 saturated heterocycles. The molecule has 4 aromatic carbocycles. The van der Waals surface area contributed by atoms with Crippen LogP contribution in [0.1, 0.15) is 28.4 Å². The SMILES string of the molecule is COc1ccc([C@@H]2c3c(C)nn(-c4ccccc4C)c3N=C3C(Nc4ccc(Cl)c(Cl)c4)=Nc4ccccc4N32)c(OC)c1. The average Bonchev–Trinajstić information content (AvgIpc) is 3.37. The van der Waals surface area contributed by atoms with Gasteiger partial charge in [-0.15, -0.1) is 0 Å². The topological polar surface area (TPSA) is 76.3 Å². The van der Waals surface area contributed by atoms with E-state index < -0.39 is 0 Å². The van der Waals surface area contributed by atoms with Crippen LogP contribution in [0.2, 0.25) is 10.0 Å². The maximum absolute atomic E-state index is 6.40. The number of nitrogens with zero attached hydrogens (tertiary/aromatic N) is 5. The van der Waals surface area contributed by atoms with E-state index in [4.69, 9.17) is 47.8 Å². The number of aryl methyl sites for hydroxylation is 2.